The molecule has 0 bridgehead atoms. The van der Waals surface area contributed by atoms with E-state index < -0.39 is 6.03 Å². The zero-order valence-electron chi connectivity index (χ0n) is 13.7. The number of rotatable bonds is 3. The summed E-state index contributed by atoms with van der Waals surface area (Å²) in [5, 5.41) is 3.12. The normalized spacial score (nSPS) is 10.5. The minimum atomic E-state index is -0.589. The Morgan fingerprint density at radius 2 is 1.80 bits per heavy atom. The van der Waals surface area contributed by atoms with Gasteiger partial charge in [0.1, 0.15) is 0 Å². The van der Waals surface area contributed by atoms with Gasteiger partial charge in [-0.3, -0.25) is 4.79 Å². The van der Waals surface area contributed by atoms with E-state index in [0.29, 0.717) is 33.8 Å². The van der Waals surface area contributed by atoms with Gasteiger partial charge in [0, 0.05) is 10.7 Å². The van der Waals surface area contributed by atoms with E-state index in [1.165, 1.54) is 0 Å². The molecule has 0 radical (unpaired) electrons. The maximum Gasteiger partial charge on any atom is 0.332 e. The van der Waals surface area contributed by atoms with Gasteiger partial charge < -0.3 is 5.32 Å². The van der Waals surface area contributed by atoms with E-state index in [1.807, 2.05) is 13.8 Å². The Morgan fingerprint density at radius 3 is 2.48 bits per heavy atom. The van der Waals surface area contributed by atoms with Crippen LogP contribution in [0.5, 0.6) is 0 Å². The second-order valence-corrected chi connectivity index (χ2v) is 5.92. The standard InChI is InChI=1S/C18H15ClN4O2/c1-11-12(2)21-17-9-15(6-7-16(17)20-11)23(10-24)18(25)22-14-5-3-4-13(19)8-14/h3-10H,1-2H3,(H,22,25). The summed E-state index contributed by atoms with van der Waals surface area (Å²) in [5.74, 6) is 0. The summed E-state index contributed by atoms with van der Waals surface area (Å²) in [4.78, 5) is 33.7. The van der Waals surface area contributed by atoms with Gasteiger partial charge in [0.15, 0.2) is 0 Å². The van der Waals surface area contributed by atoms with Crippen LogP contribution in [-0.4, -0.2) is 22.4 Å². The minimum absolute atomic E-state index is 0.402. The van der Waals surface area contributed by atoms with Crippen LogP contribution in [0.25, 0.3) is 11.0 Å². The van der Waals surface area contributed by atoms with Gasteiger partial charge in [-0.2, -0.15) is 0 Å². The molecule has 0 fully saturated rings. The molecule has 0 spiro atoms. The lowest BCUT2D eigenvalue weighted by atomic mass is 10.2. The number of anilines is 2. The van der Waals surface area contributed by atoms with Crippen LogP contribution in [0.3, 0.4) is 0 Å². The molecule has 25 heavy (non-hydrogen) atoms. The molecule has 6 nitrogen and oxygen atoms in total. The highest BCUT2D eigenvalue weighted by molar-refractivity contribution is 6.31. The molecule has 0 saturated heterocycles. The number of benzene rings is 2. The van der Waals surface area contributed by atoms with Crippen molar-refractivity contribution in [2.45, 2.75) is 13.8 Å². The summed E-state index contributed by atoms with van der Waals surface area (Å²) in [6.07, 6.45) is 0.454. The Morgan fingerprint density at radius 1 is 1.08 bits per heavy atom. The van der Waals surface area contributed by atoms with Crippen LogP contribution >= 0.6 is 11.6 Å². The summed E-state index contributed by atoms with van der Waals surface area (Å²) >= 11 is 5.90. The minimum Gasteiger partial charge on any atom is -0.307 e. The van der Waals surface area contributed by atoms with E-state index in [9.17, 15) is 9.59 Å². The topological polar surface area (TPSA) is 75.2 Å². The first-order valence-electron chi connectivity index (χ1n) is 7.54. The van der Waals surface area contributed by atoms with E-state index in [1.54, 1.807) is 42.5 Å². The number of hydrogen-bond donors (Lipinski definition) is 1. The van der Waals surface area contributed by atoms with Gasteiger partial charge in [0.25, 0.3) is 0 Å². The highest BCUT2D eigenvalue weighted by Gasteiger charge is 2.16. The Labute approximate surface area is 149 Å². The number of hydrogen-bond acceptors (Lipinski definition) is 4. The van der Waals surface area contributed by atoms with Crippen LogP contribution in [0, 0.1) is 13.8 Å². The predicted molar refractivity (Wildman–Crippen MR) is 98.0 cm³/mol. The van der Waals surface area contributed by atoms with E-state index >= 15 is 0 Å². The second-order valence-electron chi connectivity index (χ2n) is 5.48. The quantitative estimate of drug-likeness (QED) is 0.718. The summed E-state index contributed by atoms with van der Waals surface area (Å²) in [5.41, 5.74) is 3.85. The molecule has 0 aliphatic heterocycles. The van der Waals surface area contributed by atoms with Crippen molar-refractivity contribution in [3.05, 3.63) is 58.9 Å². The highest BCUT2D eigenvalue weighted by atomic mass is 35.5. The van der Waals surface area contributed by atoms with Crippen LogP contribution in [-0.2, 0) is 4.79 Å². The van der Waals surface area contributed by atoms with Gasteiger partial charge >= 0.3 is 6.03 Å². The summed E-state index contributed by atoms with van der Waals surface area (Å²) in [6, 6.07) is 11.1. The number of amides is 3. The Kier molecular flexibility index (Phi) is 4.63. The first kappa shape index (κ1) is 16.9. The molecule has 0 aliphatic carbocycles. The summed E-state index contributed by atoms with van der Waals surface area (Å²) in [6.45, 7) is 3.74. The molecule has 1 aromatic heterocycles. The summed E-state index contributed by atoms with van der Waals surface area (Å²) < 4.78 is 0. The van der Waals surface area contributed by atoms with E-state index in [2.05, 4.69) is 15.3 Å². The fraction of sp³-hybridized carbons (Fsp3) is 0.111. The van der Waals surface area contributed by atoms with Gasteiger partial charge in [-0.05, 0) is 50.2 Å². The van der Waals surface area contributed by atoms with Crippen molar-refractivity contribution >= 4 is 46.5 Å². The van der Waals surface area contributed by atoms with Gasteiger partial charge in [-0.15, -0.1) is 0 Å². The van der Waals surface area contributed by atoms with Crippen molar-refractivity contribution < 1.29 is 9.59 Å². The maximum absolute atomic E-state index is 12.4. The third kappa shape index (κ3) is 3.59. The number of nitrogens with one attached hydrogen (secondary N) is 1. The molecule has 0 saturated carbocycles. The smallest absolute Gasteiger partial charge is 0.307 e. The lowest BCUT2D eigenvalue weighted by Gasteiger charge is -2.17. The molecule has 2 aromatic carbocycles. The number of urea groups is 1. The lowest BCUT2D eigenvalue weighted by Crippen LogP contribution is -2.33. The number of carbonyl (C=O) groups excluding carboxylic acids is 2. The molecular formula is C18H15ClN4O2. The first-order chi connectivity index (χ1) is 12.0. The highest BCUT2D eigenvalue weighted by Crippen LogP contribution is 2.22. The zero-order chi connectivity index (χ0) is 18.0. The number of nitrogens with zero attached hydrogens (tertiary/aromatic N) is 3. The molecule has 3 aromatic rings. The van der Waals surface area contributed by atoms with Crippen molar-refractivity contribution in [1.29, 1.82) is 0 Å². The van der Waals surface area contributed by atoms with Crippen molar-refractivity contribution in [2.75, 3.05) is 10.2 Å². The van der Waals surface area contributed by atoms with Crippen molar-refractivity contribution in [1.82, 2.24) is 9.97 Å². The predicted octanol–water partition coefficient (Wildman–Crippen LogP) is 4.09. The number of carbonyl (C=O) groups is 2. The Balaban J connectivity index is 1.92. The molecule has 3 rings (SSSR count). The lowest BCUT2D eigenvalue weighted by molar-refractivity contribution is -0.106. The largest absolute Gasteiger partial charge is 0.332 e. The van der Waals surface area contributed by atoms with E-state index in [-0.39, 0.29) is 0 Å². The average molecular weight is 355 g/mol. The second kappa shape index (κ2) is 6.86. The van der Waals surface area contributed by atoms with Gasteiger partial charge in [0.05, 0.1) is 28.1 Å². The summed E-state index contributed by atoms with van der Waals surface area (Å²) in [7, 11) is 0. The molecule has 3 amide bonds. The third-order valence-corrected chi connectivity index (χ3v) is 3.97. The van der Waals surface area contributed by atoms with E-state index in [0.717, 1.165) is 16.3 Å². The number of aromatic nitrogens is 2. The van der Waals surface area contributed by atoms with Crippen LogP contribution in [0.1, 0.15) is 11.4 Å². The molecule has 0 unspecified atom stereocenters. The SMILES string of the molecule is Cc1nc2ccc(N(C=O)C(=O)Nc3cccc(Cl)c3)cc2nc1C. The molecular weight excluding hydrogens is 340 g/mol. The Bertz CT molecular complexity index is 974. The monoisotopic (exact) mass is 354 g/mol. The fourth-order valence-electron chi connectivity index (χ4n) is 2.34. The maximum atomic E-state index is 12.4. The molecule has 0 aliphatic rings. The van der Waals surface area contributed by atoms with Crippen molar-refractivity contribution in [3.63, 3.8) is 0 Å². The number of fused-ring (bicyclic) bond motifs is 1. The van der Waals surface area contributed by atoms with Crippen molar-refractivity contribution in [2.24, 2.45) is 0 Å². The fourth-order valence-corrected chi connectivity index (χ4v) is 2.54. The molecule has 1 heterocycles. The van der Waals surface area contributed by atoms with Crippen LogP contribution in [0.4, 0.5) is 16.2 Å². The molecule has 7 heteroatoms. The van der Waals surface area contributed by atoms with Crippen molar-refractivity contribution in [3.8, 4) is 0 Å². The zero-order valence-corrected chi connectivity index (χ0v) is 14.4. The Hall–Kier alpha value is -2.99. The van der Waals surface area contributed by atoms with Gasteiger partial charge in [-0.25, -0.2) is 19.7 Å². The van der Waals surface area contributed by atoms with E-state index in [4.69, 9.17) is 11.6 Å². The number of halogens is 1. The van der Waals surface area contributed by atoms with Crippen LogP contribution in [0.15, 0.2) is 42.5 Å². The third-order valence-electron chi connectivity index (χ3n) is 3.74. The molecule has 0 atom stereocenters. The average Bonchev–Trinajstić information content (AvgIpc) is 2.57. The van der Waals surface area contributed by atoms with Crippen LogP contribution < -0.4 is 10.2 Å². The molecule has 126 valence electrons. The molecule has 1 N–H and O–H groups in total. The van der Waals surface area contributed by atoms with Crippen LogP contribution in [0.2, 0.25) is 5.02 Å². The van der Waals surface area contributed by atoms with Gasteiger partial charge in [-0.1, -0.05) is 17.7 Å². The number of imide groups is 1. The number of aryl methyl sites for hydroxylation is 2. The van der Waals surface area contributed by atoms with Gasteiger partial charge in [0.2, 0.25) is 6.41 Å². The first-order valence-corrected chi connectivity index (χ1v) is 7.92.